The summed E-state index contributed by atoms with van der Waals surface area (Å²) in [5.41, 5.74) is 5.86. The highest BCUT2D eigenvalue weighted by atomic mass is 19.1. The topological polar surface area (TPSA) is 35.2 Å². The molecule has 0 heterocycles. The summed E-state index contributed by atoms with van der Waals surface area (Å²) in [6, 6.07) is 4.82. The van der Waals surface area contributed by atoms with Crippen LogP contribution in [-0.2, 0) is 0 Å². The summed E-state index contributed by atoms with van der Waals surface area (Å²) in [7, 11) is 0. The van der Waals surface area contributed by atoms with Crippen LogP contribution >= 0.6 is 0 Å². The molecule has 72 valence electrons. The van der Waals surface area contributed by atoms with Gasteiger partial charge in [-0.3, -0.25) is 0 Å². The summed E-state index contributed by atoms with van der Waals surface area (Å²) >= 11 is 0. The van der Waals surface area contributed by atoms with Gasteiger partial charge in [-0.15, -0.1) is 0 Å². The van der Waals surface area contributed by atoms with Gasteiger partial charge in [-0.25, -0.2) is 4.39 Å². The average molecular weight is 183 g/mol. The summed E-state index contributed by atoms with van der Waals surface area (Å²) in [5, 5.41) is 0. The van der Waals surface area contributed by atoms with Crippen LogP contribution in [0.15, 0.2) is 18.2 Å². The Bertz CT molecular complexity index is 276. The van der Waals surface area contributed by atoms with Crippen molar-refractivity contribution in [2.45, 2.75) is 13.3 Å². The maximum atomic E-state index is 13.0. The lowest BCUT2D eigenvalue weighted by Gasteiger charge is -2.08. The van der Waals surface area contributed by atoms with Gasteiger partial charge in [0, 0.05) is 5.56 Å². The quantitative estimate of drug-likeness (QED) is 0.723. The molecule has 13 heavy (non-hydrogen) atoms. The molecule has 1 rings (SSSR count). The Balaban J connectivity index is 2.61. The van der Waals surface area contributed by atoms with Crippen molar-refractivity contribution in [3.05, 3.63) is 29.6 Å². The highest BCUT2D eigenvalue weighted by Crippen LogP contribution is 2.19. The standard InChI is InChI=1S/C10H14FNO/c1-8-9(11)4-2-5-10(8)13-7-3-6-12/h2,4-5H,3,6-7,12H2,1H3. The fourth-order valence-electron chi connectivity index (χ4n) is 1.01. The van der Waals surface area contributed by atoms with E-state index in [2.05, 4.69) is 0 Å². The number of rotatable bonds is 4. The molecule has 2 N–H and O–H groups in total. The van der Waals surface area contributed by atoms with Gasteiger partial charge in [0.1, 0.15) is 11.6 Å². The smallest absolute Gasteiger partial charge is 0.129 e. The van der Waals surface area contributed by atoms with E-state index in [4.69, 9.17) is 10.5 Å². The predicted molar refractivity (Wildman–Crippen MR) is 50.3 cm³/mol. The van der Waals surface area contributed by atoms with E-state index in [1.807, 2.05) is 0 Å². The van der Waals surface area contributed by atoms with Crippen LogP contribution in [0.25, 0.3) is 0 Å². The minimum absolute atomic E-state index is 0.231. The zero-order valence-corrected chi connectivity index (χ0v) is 7.72. The second-order valence-corrected chi connectivity index (χ2v) is 2.85. The Labute approximate surface area is 77.5 Å². The highest BCUT2D eigenvalue weighted by molar-refractivity contribution is 5.33. The van der Waals surface area contributed by atoms with E-state index in [9.17, 15) is 4.39 Å². The first-order chi connectivity index (χ1) is 6.25. The maximum absolute atomic E-state index is 13.0. The molecule has 0 radical (unpaired) electrons. The number of ether oxygens (including phenoxy) is 1. The first-order valence-corrected chi connectivity index (χ1v) is 4.33. The Morgan fingerprint density at radius 2 is 2.23 bits per heavy atom. The molecule has 0 amide bonds. The summed E-state index contributed by atoms with van der Waals surface area (Å²) in [5.74, 6) is 0.374. The van der Waals surface area contributed by atoms with E-state index < -0.39 is 0 Å². The number of halogens is 1. The molecule has 2 nitrogen and oxygen atoms in total. The molecule has 0 unspecified atom stereocenters. The van der Waals surface area contributed by atoms with Crippen molar-refractivity contribution in [2.75, 3.05) is 13.2 Å². The van der Waals surface area contributed by atoms with E-state index in [1.54, 1.807) is 19.1 Å². The van der Waals surface area contributed by atoms with Crippen molar-refractivity contribution >= 4 is 0 Å². The third-order valence-electron chi connectivity index (χ3n) is 1.82. The van der Waals surface area contributed by atoms with Crippen LogP contribution in [0.3, 0.4) is 0 Å². The molecule has 0 saturated heterocycles. The highest BCUT2D eigenvalue weighted by Gasteiger charge is 2.02. The van der Waals surface area contributed by atoms with Crippen molar-refractivity contribution in [1.29, 1.82) is 0 Å². The molecule has 0 fully saturated rings. The van der Waals surface area contributed by atoms with Gasteiger partial charge in [0.2, 0.25) is 0 Å². The van der Waals surface area contributed by atoms with Crippen LogP contribution in [0.1, 0.15) is 12.0 Å². The molecule has 1 aromatic carbocycles. The number of benzene rings is 1. The van der Waals surface area contributed by atoms with E-state index >= 15 is 0 Å². The molecule has 0 spiro atoms. The van der Waals surface area contributed by atoms with Gasteiger partial charge < -0.3 is 10.5 Å². The van der Waals surface area contributed by atoms with Gasteiger partial charge in [0.15, 0.2) is 0 Å². The third-order valence-corrected chi connectivity index (χ3v) is 1.82. The van der Waals surface area contributed by atoms with Crippen LogP contribution in [0.2, 0.25) is 0 Å². The molecular weight excluding hydrogens is 169 g/mol. The molecule has 0 aromatic heterocycles. The lowest BCUT2D eigenvalue weighted by molar-refractivity contribution is 0.309. The molecule has 1 aromatic rings. The van der Waals surface area contributed by atoms with E-state index in [0.29, 0.717) is 24.5 Å². The molecule has 0 atom stereocenters. The minimum atomic E-state index is -0.231. The Hall–Kier alpha value is -1.09. The zero-order chi connectivity index (χ0) is 9.68. The summed E-state index contributed by atoms with van der Waals surface area (Å²) < 4.78 is 18.3. The first kappa shape index (κ1) is 9.99. The van der Waals surface area contributed by atoms with Crippen LogP contribution in [0.5, 0.6) is 5.75 Å². The molecule has 0 aliphatic heterocycles. The van der Waals surface area contributed by atoms with E-state index in [0.717, 1.165) is 6.42 Å². The first-order valence-electron chi connectivity index (χ1n) is 4.33. The fourth-order valence-corrected chi connectivity index (χ4v) is 1.01. The van der Waals surface area contributed by atoms with Crippen molar-refractivity contribution in [3.8, 4) is 5.75 Å². The largest absolute Gasteiger partial charge is 0.493 e. The normalized spacial score (nSPS) is 10.1. The number of nitrogens with two attached hydrogens (primary N) is 1. The van der Waals surface area contributed by atoms with Crippen molar-refractivity contribution in [1.82, 2.24) is 0 Å². The summed E-state index contributed by atoms with van der Waals surface area (Å²) in [6.45, 7) is 2.84. The Morgan fingerprint density at radius 1 is 1.46 bits per heavy atom. The lowest BCUT2D eigenvalue weighted by atomic mass is 10.2. The molecule has 3 heteroatoms. The van der Waals surface area contributed by atoms with Gasteiger partial charge in [0.25, 0.3) is 0 Å². The van der Waals surface area contributed by atoms with Crippen LogP contribution in [0, 0.1) is 12.7 Å². The Morgan fingerprint density at radius 3 is 2.92 bits per heavy atom. The fraction of sp³-hybridized carbons (Fsp3) is 0.400. The second-order valence-electron chi connectivity index (χ2n) is 2.85. The van der Waals surface area contributed by atoms with Gasteiger partial charge in [0.05, 0.1) is 6.61 Å². The summed E-state index contributed by atoms with van der Waals surface area (Å²) in [4.78, 5) is 0. The molecule has 0 aliphatic carbocycles. The van der Waals surface area contributed by atoms with Crippen LogP contribution in [-0.4, -0.2) is 13.2 Å². The van der Waals surface area contributed by atoms with Crippen molar-refractivity contribution in [3.63, 3.8) is 0 Å². The Kier molecular flexibility index (Phi) is 3.71. The zero-order valence-electron chi connectivity index (χ0n) is 7.72. The van der Waals surface area contributed by atoms with Crippen LogP contribution < -0.4 is 10.5 Å². The third kappa shape index (κ3) is 2.70. The SMILES string of the molecule is Cc1c(F)cccc1OCCCN. The maximum Gasteiger partial charge on any atom is 0.129 e. The van der Waals surface area contributed by atoms with Gasteiger partial charge in [-0.2, -0.15) is 0 Å². The minimum Gasteiger partial charge on any atom is -0.493 e. The molecule has 0 saturated carbocycles. The van der Waals surface area contributed by atoms with Crippen molar-refractivity contribution < 1.29 is 9.13 Å². The van der Waals surface area contributed by atoms with Gasteiger partial charge in [-0.05, 0) is 32.0 Å². The van der Waals surface area contributed by atoms with Crippen LogP contribution in [0.4, 0.5) is 4.39 Å². The second kappa shape index (κ2) is 4.82. The monoisotopic (exact) mass is 183 g/mol. The molecule has 0 aliphatic rings. The average Bonchev–Trinajstić information content (AvgIpc) is 2.13. The summed E-state index contributed by atoms with van der Waals surface area (Å²) in [6.07, 6.45) is 0.788. The number of hydrogen-bond acceptors (Lipinski definition) is 2. The molecule has 0 bridgehead atoms. The van der Waals surface area contributed by atoms with Gasteiger partial charge in [-0.1, -0.05) is 6.07 Å². The van der Waals surface area contributed by atoms with E-state index in [1.165, 1.54) is 6.07 Å². The van der Waals surface area contributed by atoms with Gasteiger partial charge >= 0.3 is 0 Å². The lowest BCUT2D eigenvalue weighted by Crippen LogP contribution is -2.06. The van der Waals surface area contributed by atoms with Crippen molar-refractivity contribution in [2.24, 2.45) is 5.73 Å². The molecular formula is C10H14FNO. The number of hydrogen-bond donors (Lipinski definition) is 1. The predicted octanol–water partition coefficient (Wildman–Crippen LogP) is 1.86. The van der Waals surface area contributed by atoms with E-state index in [-0.39, 0.29) is 5.82 Å².